The van der Waals surface area contributed by atoms with Crippen LogP contribution in [0.1, 0.15) is 31.3 Å². The van der Waals surface area contributed by atoms with E-state index in [1.165, 1.54) is 0 Å². The van der Waals surface area contributed by atoms with Crippen molar-refractivity contribution >= 4 is 28.6 Å². The highest BCUT2D eigenvalue weighted by atomic mass is 32.2. The molecule has 4 nitrogen and oxygen atoms in total. The first kappa shape index (κ1) is 15.8. The Labute approximate surface area is 129 Å². The summed E-state index contributed by atoms with van der Waals surface area (Å²) in [5.74, 6) is 1.63. The van der Waals surface area contributed by atoms with Crippen LogP contribution in [0.5, 0.6) is 5.75 Å². The number of benzene rings is 1. The van der Waals surface area contributed by atoms with Gasteiger partial charge in [-0.1, -0.05) is 32.9 Å². The van der Waals surface area contributed by atoms with Gasteiger partial charge in [-0.25, -0.2) is 0 Å². The molecule has 1 aromatic carbocycles. The lowest BCUT2D eigenvalue weighted by molar-refractivity contribution is 0.0930. The number of carbonyl (C=O) groups is 1. The van der Waals surface area contributed by atoms with E-state index in [0.717, 1.165) is 11.1 Å². The van der Waals surface area contributed by atoms with Crippen LogP contribution in [0, 0.1) is 0 Å². The van der Waals surface area contributed by atoms with Crippen molar-refractivity contribution in [3.05, 3.63) is 30.0 Å². The number of fused-ring (bicyclic) bond motifs is 1. The normalized spacial score (nSPS) is 11.6. The Kier molecular flexibility index (Phi) is 4.83. The predicted octanol–water partition coefficient (Wildman–Crippen LogP) is 3.70. The lowest BCUT2D eigenvalue weighted by atomic mass is 10.2. The van der Waals surface area contributed by atoms with Crippen molar-refractivity contribution in [2.75, 3.05) is 19.4 Å². The SMILES string of the molecule is COc1cccc2cc(C(=O)NCCSC(C)(C)C)oc12. The number of methoxy groups -OCH3 is 1. The first-order valence-corrected chi connectivity index (χ1v) is 7.88. The van der Waals surface area contributed by atoms with Gasteiger partial charge in [-0.3, -0.25) is 4.79 Å². The molecule has 0 aliphatic rings. The highest BCUT2D eigenvalue weighted by molar-refractivity contribution is 8.00. The number of amides is 1. The van der Waals surface area contributed by atoms with Crippen LogP contribution in [0.2, 0.25) is 0 Å². The van der Waals surface area contributed by atoms with Crippen LogP contribution in [-0.2, 0) is 0 Å². The summed E-state index contributed by atoms with van der Waals surface area (Å²) in [5, 5.41) is 3.74. The standard InChI is InChI=1S/C16H21NO3S/c1-16(2,3)21-9-8-17-15(18)13-10-11-6-5-7-12(19-4)14(11)20-13/h5-7,10H,8-9H2,1-4H3,(H,17,18). The minimum atomic E-state index is -0.192. The maximum atomic E-state index is 12.1. The molecular weight excluding hydrogens is 286 g/mol. The van der Waals surface area contributed by atoms with Crippen LogP contribution in [0.3, 0.4) is 0 Å². The van der Waals surface area contributed by atoms with E-state index in [1.54, 1.807) is 13.2 Å². The maximum absolute atomic E-state index is 12.1. The summed E-state index contributed by atoms with van der Waals surface area (Å²) in [6, 6.07) is 7.32. The van der Waals surface area contributed by atoms with Crippen molar-refractivity contribution < 1.29 is 13.9 Å². The Bertz CT molecular complexity index is 628. The Morgan fingerprint density at radius 1 is 1.38 bits per heavy atom. The van der Waals surface area contributed by atoms with Gasteiger partial charge in [-0.05, 0) is 12.1 Å². The quantitative estimate of drug-likeness (QED) is 0.856. The van der Waals surface area contributed by atoms with E-state index >= 15 is 0 Å². The zero-order valence-electron chi connectivity index (χ0n) is 12.9. The summed E-state index contributed by atoms with van der Waals surface area (Å²) >= 11 is 1.82. The van der Waals surface area contributed by atoms with E-state index in [0.29, 0.717) is 23.6 Å². The van der Waals surface area contributed by atoms with Gasteiger partial charge in [-0.2, -0.15) is 11.8 Å². The smallest absolute Gasteiger partial charge is 0.287 e. The van der Waals surface area contributed by atoms with Crippen LogP contribution in [0.25, 0.3) is 11.0 Å². The number of carbonyl (C=O) groups excluding carboxylic acids is 1. The molecule has 1 heterocycles. The van der Waals surface area contributed by atoms with Crippen molar-refractivity contribution in [2.24, 2.45) is 0 Å². The van der Waals surface area contributed by atoms with Crippen molar-refractivity contribution in [2.45, 2.75) is 25.5 Å². The van der Waals surface area contributed by atoms with Gasteiger partial charge in [-0.15, -0.1) is 0 Å². The molecule has 1 aromatic heterocycles. The van der Waals surface area contributed by atoms with Gasteiger partial charge in [0.1, 0.15) is 0 Å². The number of thioether (sulfide) groups is 1. The second kappa shape index (κ2) is 6.43. The molecule has 0 saturated carbocycles. The molecule has 1 amide bonds. The lowest BCUT2D eigenvalue weighted by Crippen LogP contribution is -2.26. The predicted molar refractivity (Wildman–Crippen MR) is 87.3 cm³/mol. The third kappa shape index (κ3) is 4.17. The molecule has 2 rings (SSSR count). The number of hydrogen-bond donors (Lipinski definition) is 1. The first-order chi connectivity index (χ1) is 9.90. The number of hydrogen-bond acceptors (Lipinski definition) is 4. The maximum Gasteiger partial charge on any atom is 0.287 e. The van der Waals surface area contributed by atoms with E-state index < -0.39 is 0 Å². The molecule has 2 aromatic rings. The average Bonchev–Trinajstić information content (AvgIpc) is 2.86. The monoisotopic (exact) mass is 307 g/mol. The number of rotatable bonds is 5. The number of para-hydroxylation sites is 1. The van der Waals surface area contributed by atoms with Crippen LogP contribution in [0.4, 0.5) is 0 Å². The molecule has 5 heteroatoms. The number of nitrogens with one attached hydrogen (secondary N) is 1. The van der Waals surface area contributed by atoms with Gasteiger partial charge in [0.25, 0.3) is 5.91 Å². The minimum Gasteiger partial charge on any atom is -0.493 e. The Balaban J connectivity index is 2.00. The van der Waals surface area contributed by atoms with Gasteiger partial charge < -0.3 is 14.5 Å². The molecule has 21 heavy (non-hydrogen) atoms. The zero-order valence-corrected chi connectivity index (χ0v) is 13.7. The molecule has 0 bridgehead atoms. The van der Waals surface area contributed by atoms with Crippen LogP contribution < -0.4 is 10.1 Å². The molecule has 0 unspecified atom stereocenters. The van der Waals surface area contributed by atoms with Crippen LogP contribution in [-0.4, -0.2) is 30.1 Å². The van der Waals surface area contributed by atoms with Crippen molar-refractivity contribution in [3.8, 4) is 5.75 Å². The molecule has 114 valence electrons. The van der Waals surface area contributed by atoms with Crippen LogP contribution in [0.15, 0.2) is 28.7 Å². The topological polar surface area (TPSA) is 51.5 Å². The number of ether oxygens (including phenoxy) is 1. The van der Waals surface area contributed by atoms with Gasteiger partial charge in [0.15, 0.2) is 17.1 Å². The van der Waals surface area contributed by atoms with Crippen molar-refractivity contribution in [1.82, 2.24) is 5.32 Å². The third-order valence-electron chi connectivity index (χ3n) is 2.87. The van der Waals surface area contributed by atoms with Crippen LogP contribution >= 0.6 is 11.8 Å². The Morgan fingerprint density at radius 2 is 2.14 bits per heavy atom. The second-order valence-corrected chi connectivity index (χ2v) is 7.63. The molecule has 1 N–H and O–H groups in total. The molecule has 0 aliphatic heterocycles. The van der Waals surface area contributed by atoms with E-state index in [4.69, 9.17) is 9.15 Å². The molecule has 0 atom stereocenters. The minimum absolute atomic E-state index is 0.192. The first-order valence-electron chi connectivity index (χ1n) is 6.89. The van der Waals surface area contributed by atoms with Gasteiger partial charge in [0.05, 0.1) is 7.11 Å². The summed E-state index contributed by atoms with van der Waals surface area (Å²) in [6.07, 6.45) is 0. The fourth-order valence-corrected chi connectivity index (χ4v) is 2.73. The molecule has 0 spiro atoms. The second-order valence-electron chi connectivity index (χ2n) is 5.71. The van der Waals surface area contributed by atoms with Gasteiger partial charge in [0, 0.05) is 22.4 Å². The number of furan rings is 1. The average molecular weight is 307 g/mol. The summed E-state index contributed by atoms with van der Waals surface area (Å²) in [4.78, 5) is 12.1. The van der Waals surface area contributed by atoms with Crippen molar-refractivity contribution in [3.63, 3.8) is 0 Å². The summed E-state index contributed by atoms with van der Waals surface area (Å²) < 4.78 is 11.0. The highest BCUT2D eigenvalue weighted by Gasteiger charge is 2.15. The van der Waals surface area contributed by atoms with Gasteiger partial charge >= 0.3 is 0 Å². The van der Waals surface area contributed by atoms with Crippen molar-refractivity contribution in [1.29, 1.82) is 0 Å². The van der Waals surface area contributed by atoms with E-state index in [1.807, 2.05) is 30.0 Å². The molecule has 0 fully saturated rings. The molecular formula is C16H21NO3S. The van der Waals surface area contributed by atoms with E-state index in [2.05, 4.69) is 26.1 Å². The zero-order chi connectivity index (χ0) is 15.5. The largest absolute Gasteiger partial charge is 0.493 e. The molecule has 0 saturated heterocycles. The molecule has 0 aliphatic carbocycles. The lowest BCUT2D eigenvalue weighted by Gasteiger charge is -2.17. The summed E-state index contributed by atoms with van der Waals surface area (Å²) in [6.45, 7) is 7.09. The van der Waals surface area contributed by atoms with E-state index in [9.17, 15) is 4.79 Å². The van der Waals surface area contributed by atoms with E-state index in [-0.39, 0.29) is 10.7 Å². The summed E-state index contributed by atoms with van der Waals surface area (Å²) in [7, 11) is 1.58. The Morgan fingerprint density at radius 3 is 2.81 bits per heavy atom. The fraction of sp³-hybridized carbons (Fsp3) is 0.438. The summed E-state index contributed by atoms with van der Waals surface area (Å²) in [5.41, 5.74) is 0.606. The highest BCUT2D eigenvalue weighted by Crippen LogP contribution is 2.28. The Hall–Kier alpha value is -1.62. The molecule has 0 radical (unpaired) electrons. The van der Waals surface area contributed by atoms with Gasteiger partial charge in [0.2, 0.25) is 0 Å². The third-order valence-corrected chi connectivity index (χ3v) is 4.15. The fourth-order valence-electron chi connectivity index (χ4n) is 1.92.